The topological polar surface area (TPSA) is 88.3 Å². The lowest BCUT2D eigenvalue weighted by Crippen LogP contribution is -2.32. The van der Waals surface area contributed by atoms with Crippen molar-refractivity contribution in [1.82, 2.24) is 4.98 Å². The predicted octanol–water partition coefficient (Wildman–Crippen LogP) is 1.56. The van der Waals surface area contributed by atoms with E-state index in [-0.39, 0.29) is 17.8 Å². The molecule has 0 radical (unpaired) electrons. The Labute approximate surface area is 93.5 Å². The number of nitrogens with one attached hydrogen (secondary N) is 1. The van der Waals surface area contributed by atoms with Gasteiger partial charge in [-0.1, -0.05) is 0 Å². The smallest absolute Gasteiger partial charge is 0.274 e. The molecule has 0 atom stereocenters. The van der Waals surface area contributed by atoms with E-state index in [0.717, 1.165) is 0 Å². The molecule has 0 aliphatic heterocycles. The summed E-state index contributed by atoms with van der Waals surface area (Å²) in [6, 6.07) is 2.71. The second-order valence-corrected chi connectivity index (χ2v) is 4.14. The SMILES string of the molecule is CC(C)(CCO)Nc1cc([N+](=O)[O-])ccn1. The van der Waals surface area contributed by atoms with Crippen molar-refractivity contribution in [2.45, 2.75) is 25.8 Å². The number of aromatic nitrogens is 1. The third-order valence-electron chi connectivity index (χ3n) is 2.16. The van der Waals surface area contributed by atoms with Gasteiger partial charge < -0.3 is 10.4 Å². The van der Waals surface area contributed by atoms with E-state index >= 15 is 0 Å². The van der Waals surface area contributed by atoms with Crippen molar-refractivity contribution in [2.24, 2.45) is 0 Å². The molecule has 2 N–H and O–H groups in total. The molecule has 6 heteroatoms. The fourth-order valence-corrected chi connectivity index (χ4v) is 1.29. The fourth-order valence-electron chi connectivity index (χ4n) is 1.29. The predicted molar refractivity (Wildman–Crippen MR) is 60.3 cm³/mol. The Hall–Kier alpha value is -1.69. The molecule has 0 fully saturated rings. The molecule has 0 saturated heterocycles. The quantitative estimate of drug-likeness (QED) is 0.586. The molecule has 0 amide bonds. The van der Waals surface area contributed by atoms with Crippen molar-refractivity contribution in [1.29, 1.82) is 0 Å². The highest BCUT2D eigenvalue weighted by molar-refractivity contribution is 5.45. The Balaban J connectivity index is 2.81. The van der Waals surface area contributed by atoms with E-state index in [1.54, 1.807) is 0 Å². The number of hydrogen-bond acceptors (Lipinski definition) is 5. The third-order valence-corrected chi connectivity index (χ3v) is 2.16. The number of hydrogen-bond donors (Lipinski definition) is 2. The van der Waals surface area contributed by atoms with Gasteiger partial charge in [0, 0.05) is 24.4 Å². The Kier molecular flexibility index (Phi) is 3.78. The summed E-state index contributed by atoms with van der Waals surface area (Å²) in [7, 11) is 0. The maximum atomic E-state index is 10.6. The van der Waals surface area contributed by atoms with Crippen molar-refractivity contribution in [3.05, 3.63) is 28.4 Å². The minimum atomic E-state index is -0.466. The number of nitro groups is 1. The molecule has 0 spiro atoms. The van der Waals surface area contributed by atoms with Gasteiger partial charge in [-0.05, 0) is 20.3 Å². The molecular formula is C10H15N3O3. The maximum absolute atomic E-state index is 10.6. The fraction of sp³-hybridized carbons (Fsp3) is 0.500. The van der Waals surface area contributed by atoms with Gasteiger partial charge in [0.25, 0.3) is 5.69 Å². The van der Waals surface area contributed by atoms with Crippen LogP contribution in [-0.2, 0) is 0 Å². The number of pyridine rings is 1. The Bertz CT molecular complexity index is 379. The van der Waals surface area contributed by atoms with Crippen LogP contribution in [0.5, 0.6) is 0 Å². The monoisotopic (exact) mass is 225 g/mol. The summed E-state index contributed by atoms with van der Waals surface area (Å²) in [6.45, 7) is 3.84. The van der Waals surface area contributed by atoms with Gasteiger partial charge >= 0.3 is 0 Å². The first kappa shape index (κ1) is 12.4. The van der Waals surface area contributed by atoms with Gasteiger partial charge in [-0.15, -0.1) is 0 Å². The Morgan fingerprint density at radius 1 is 1.62 bits per heavy atom. The summed E-state index contributed by atoms with van der Waals surface area (Å²) in [5.41, 5.74) is -0.353. The standard InChI is InChI=1S/C10H15N3O3/c1-10(2,4-6-14)12-9-7-8(13(15)16)3-5-11-9/h3,5,7,14H,4,6H2,1-2H3,(H,11,12). The average Bonchev–Trinajstić information content (AvgIpc) is 2.17. The van der Waals surface area contributed by atoms with Crippen LogP contribution in [0.4, 0.5) is 11.5 Å². The minimum absolute atomic E-state index is 0.00250. The highest BCUT2D eigenvalue weighted by Gasteiger charge is 2.18. The highest BCUT2D eigenvalue weighted by Crippen LogP contribution is 2.19. The van der Waals surface area contributed by atoms with Gasteiger partial charge in [-0.25, -0.2) is 4.98 Å². The van der Waals surface area contributed by atoms with Crippen molar-refractivity contribution in [3.63, 3.8) is 0 Å². The van der Waals surface area contributed by atoms with Crippen LogP contribution < -0.4 is 5.32 Å². The minimum Gasteiger partial charge on any atom is -0.396 e. The summed E-state index contributed by atoms with van der Waals surface area (Å²) < 4.78 is 0. The zero-order valence-electron chi connectivity index (χ0n) is 9.30. The van der Waals surface area contributed by atoms with Gasteiger partial charge in [0.1, 0.15) is 5.82 Å². The highest BCUT2D eigenvalue weighted by atomic mass is 16.6. The van der Waals surface area contributed by atoms with Crippen LogP contribution >= 0.6 is 0 Å². The van der Waals surface area contributed by atoms with Crippen LogP contribution in [0.3, 0.4) is 0 Å². The second-order valence-electron chi connectivity index (χ2n) is 4.14. The Morgan fingerprint density at radius 3 is 2.88 bits per heavy atom. The van der Waals surface area contributed by atoms with Gasteiger partial charge in [0.05, 0.1) is 11.0 Å². The molecule has 16 heavy (non-hydrogen) atoms. The second kappa shape index (κ2) is 4.89. The molecule has 1 aromatic heterocycles. The lowest BCUT2D eigenvalue weighted by atomic mass is 10.0. The molecule has 0 unspecified atom stereocenters. The van der Waals surface area contributed by atoms with Crippen LogP contribution in [0.2, 0.25) is 0 Å². The van der Waals surface area contributed by atoms with E-state index in [9.17, 15) is 10.1 Å². The van der Waals surface area contributed by atoms with Gasteiger partial charge in [-0.3, -0.25) is 10.1 Å². The van der Waals surface area contributed by atoms with E-state index in [2.05, 4.69) is 10.3 Å². The first-order chi connectivity index (χ1) is 7.44. The molecule has 1 heterocycles. The summed E-state index contributed by atoms with van der Waals surface area (Å²) >= 11 is 0. The van der Waals surface area contributed by atoms with Crippen molar-refractivity contribution >= 4 is 11.5 Å². The molecule has 0 aliphatic rings. The summed E-state index contributed by atoms with van der Waals surface area (Å²) in [5, 5.41) is 22.4. The molecule has 1 rings (SSSR count). The van der Waals surface area contributed by atoms with E-state index < -0.39 is 4.92 Å². The average molecular weight is 225 g/mol. The summed E-state index contributed by atoms with van der Waals surface area (Å²) in [5.74, 6) is 0.438. The Morgan fingerprint density at radius 2 is 2.31 bits per heavy atom. The molecule has 0 aliphatic carbocycles. The van der Waals surface area contributed by atoms with Gasteiger partial charge in [-0.2, -0.15) is 0 Å². The van der Waals surface area contributed by atoms with Crippen LogP contribution in [0.1, 0.15) is 20.3 Å². The van der Waals surface area contributed by atoms with Crippen LogP contribution in [0.15, 0.2) is 18.3 Å². The molecule has 1 aromatic rings. The molecule has 0 saturated carbocycles. The summed E-state index contributed by atoms with van der Waals surface area (Å²) in [6.07, 6.45) is 1.92. The van der Waals surface area contributed by atoms with E-state index in [1.165, 1.54) is 18.3 Å². The maximum Gasteiger partial charge on any atom is 0.274 e. The number of nitrogens with zero attached hydrogens (tertiary/aromatic N) is 2. The number of aliphatic hydroxyl groups is 1. The molecule has 0 bridgehead atoms. The van der Waals surface area contributed by atoms with Crippen LogP contribution in [0.25, 0.3) is 0 Å². The van der Waals surface area contributed by atoms with Crippen LogP contribution in [0, 0.1) is 10.1 Å². The zero-order valence-corrected chi connectivity index (χ0v) is 9.30. The van der Waals surface area contributed by atoms with E-state index in [0.29, 0.717) is 12.2 Å². The lowest BCUT2D eigenvalue weighted by molar-refractivity contribution is -0.384. The first-order valence-electron chi connectivity index (χ1n) is 4.94. The van der Waals surface area contributed by atoms with Gasteiger partial charge in [0.15, 0.2) is 0 Å². The van der Waals surface area contributed by atoms with Gasteiger partial charge in [0.2, 0.25) is 0 Å². The number of aliphatic hydroxyl groups excluding tert-OH is 1. The number of anilines is 1. The normalized spacial score (nSPS) is 11.2. The first-order valence-corrected chi connectivity index (χ1v) is 4.94. The van der Waals surface area contributed by atoms with Crippen molar-refractivity contribution in [2.75, 3.05) is 11.9 Å². The van der Waals surface area contributed by atoms with Crippen molar-refractivity contribution in [3.8, 4) is 0 Å². The molecular weight excluding hydrogens is 210 g/mol. The molecule has 6 nitrogen and oxygen atoms in total. The van der Waals surface area contributed by atoms with Crippen molar-refractivity contribution < 1.29 is 10.0 Å². The molecule has 88 valence electrons. The summed E-state index contributed by atoms with van der Waals surface area (Å²) in [4.78, 5) is 14.1. The zero-order chi connectivity index (χ0) is 12.2. The lowest BCUT2D eigenvalue weighted by Gasteiger charge is -2.25. The molecule has 0 aromatic carbocycles. The largest absolute Gasteiger partial charge is 0.396 e. The van der Waals surface area contributed by atoms with Crippen LogP contribution in [-0.4, -0.2) is 27.2 Å². The van der Waals surface area contributed by atoms with E-state index in [1.807, 2.05) is 13.8 Å². The number of rotatable bonds is 5. The third kappa shape index (κ3) is 3.47. The van der Waals surface area contributed by atoms with E-state index in [4.69, 9.17) is 5.11 Å².